The molecule has 0 bridgehead atoms. The second-order valence-corrected chi connectivity index (χ2v) is 4.88. The van der Waals surface area contributed by atoms with E-state index in [9.17, 15) is 5.11 Å². The van der Waals surface area contributed by atoms with Gasteiger partial charge in [0, 0.05) is 16.6 Å². The highest BCUT2D eigenvalue weighted by Gasteiger charge is 2.17. The van der Waals surface area contributed by atoms with E-state index in [4.69, 9.17) is 11.6 Å². The van der Waals surface area contributed by atoms with Gasteiger partial charge in [-0.15, -0.1) is 10.2 Å². The quantitative estimate of drug-likeness (QED) is 0.928. The standard InChI is InChI=1S/C13H16ClN3O/c1-8(2)17-12(7-18)15-16-13(17)10-5-4-6-11(14)9(10)3/h4-6,8,18H,7H2,1-3H3. The van der Waals surface area contributed by atoms with Crippen LogP contribution in [0.3, 0.4) is 0 Å². The summed E-state index contributed by atoms with van der Waals surface area (Å²) in [4.78, 5) is 0. The number of hydrogen-bond donors (Lipinski definition) is 1. The fourth-order valence-electron chi connectivity index (χ4n) is 2.01. The Kier molecular flexibility index (Phi) is 3.68. The van der Waals surface area contributed by atoms with Crippen molar-refractivity contribution in [3.63, 3.8) is 0 Å². The molecule has 96 valence electrons. The summed E-state index contributed by atoms with van der Waals surface area (Å²) in [6.45, 7) is 5.90. The zero-order valence-corrected chi connectivity index (χ0v) is 11.4. The zero-order valence-electron chi connectivity index (χ0n) is 10.7. The number of aliphatic hydroxyl groups excluding tert-OH is 1. The highest BCUT2D eigenvalue weighted by molar-refractivity contribution is 6.31. The van der Waals surface area contributed by atoms with E-state index in [2.05, 4.69) is 10.2 Å². The van der Waals surface area contributed by atoms with Gasteiger partial charge in [-0.3, -0.25) is 0 Å². The molecule has 0 fully saturated rings. The van der Waals surface area contributed by atoms with Crippen LogP contribution >= 0.6 is 11.6 Å². The van der Waals surface area contributed by atoms with Crippen LogP contribution in [-0.4, -0.2) is 19.9 Å². The SMILES string of the molecule is Cc1c(Cl)cccc1-c1nnc(CO)n1C(C)C. The summed E-state index contributed by atoms with van der Waals surface area (Å²) >= 11 is 6.13. The summed E-state index contributed by atoms with van der Waals surface area (Å²) in [5.74, 6) is 1.31. The highest BCUT2D eigenvalue weighted by atomic mass is 35.5. The molecule has 2 rings (SSSR count). The maximum Gasteiger partial charge on any atom is 0.164 e. The van der Waals surface area contributed by atoms with Crippen molar-refractivity contribution in [2.24, 2.45) is 0 Å². The Hall–Kier alpha value is -1.39. The van der Waals surface area contributed by atoms with Gasteiger partial charge in [-0.2, -0.15) is 0 Å². The first-order valence-electron chi connectivity index (χ1n) is 5.86. The van der Waals surface area contributed by atoms with E-state index in [1.807, 2.05) is 43.5 Å². The average molecular weight is 266 g/mol. The highest BCUT2D eigenvalue weighted by Crippen LogP contribution is 2.29. The number of nitrogens with zero attached hydrogens (tertiary/aromatic N) is 3. The van der Waals surface area contributed by atoms with Crippen molar-refractivity contribution in [2.75, 3.05) is 0 Å². The summed E-state index contributed by atoms with van der Waals surface area (Å²) in [6.07, 6.45) is 0. The van der Waals surface area contributed by atoms with Crippen LogP contribution in [0.5, 0.6) is 0 Å². The number of rotatable bonds is 3. The Morgan fingerprint density at radius 1 is 1.33 bits per heavy atom. The van der Waals surface area contributed by atoms with Gasteiger partial charge in [-0.1, -0.05) is 23.7 Å². The molecular weight excluding hydrogens is 250 g/mol. The predicted octanol–water partition coefficient (Wildman–Crippen LogP) is 2.98. The van der Waals surface area contributed by atoms with Gasteiger partial charge in [0.05, 0.1) is 0 Å². The van der Waals surface area contributed by atoms with Gasteiger partial charge >= 0.3 is 0 Å². The largest absolute Gasteiger partial charge is 0.388 e. The Balaban J connectivity index is 2.64. The van der Waals surface area contributed by atoms with E-state index in [1.165, 1.54) is 0 Å². The molecule has 0 saturated carbocycles. The average Bonchev–Trinajstić information content (AvgIpc) is 2.76. The van der Waals surface area contributed by atoms with E-state index < -0.39 is 0 Å². The van der Waals surface area contributed by atoms with Crippen LogP contribution in [0.4, 0.5) is 0 Å². The van der Waals surface area contributed by atoms with E-state index in [0.717, 1.165) is 17.0 Å². The maximum atomic E-state index is 9.30. The van der Waals surface area contributed by atoms with E-state index in [0.29, 0.717) is 10.8 Å². The van der Waals surface area contributed by atoms with Gasteiger partial charge in [-0.05, 0) is 32.4 Å². The van der Waals surface area contributed by atoms with Crippen molar-refractivity contribution in [2.45, 2.75) is 33.4 Å². The van der Waals surface area contributed by atoms with Crippen molar-refractivity contribution < 1.29 is 5.11 Å². The molecule has 0 unspecified atom stereocenters. The van der Waals surface area contributed by atoms with E-state index in [-0.39, 0.29) is 12.6 Å². The minimum absolute atomic E-state index is 0.120. The first-order chi connectivity index (χ1) is 8.56. The summed E-state index contributed by atoms with van der Waals surface area (Å²) in [6, 6.07) is 5.88. The monoisotopic (exact) mass is 265 g/mol. The van der Waals surface area contributed by atoms with Crippen molar-refractivity contribution in [3.05, 3.63) is 34.6 Å². The first-order valence-corrected chi connectivity index (χ1v) is 6.24. The predicted molar refractivity (Wildman–Crippen MR) is 71.5 cm³/mol. The molecule has 1 heterocycles. The maximum absolute atomic E-state index is 9.30. The summed E-state index contributed by atoms with van der Waals surface area (Å²) in [5.41, 5.74) is 1.92. The van der Waals surface area contributed by atoms with Gasteiger partial charge in [-0.25, -0.2) is 0 Å². The van der Waals surface area contributed by atoms with Gasteiger partial charge in [0.15, 0.2) is 11.6 Å². The minimum Gasteiger partial charge on any atom is -0.388 e. The Bertz CT molecular complexity index is 563. The Morgan fingerprint density at radius 2 is 2.06 bits per heavy atom. The molecule has 1 aromatic heterocycles. The number of aromatic nitrogens is 3. The molecule has 0 atom stereocenters. The molecule has 0 amide bonds. The third-order valence-corrected chi connectivity index (χ3v) is 3.34. The molecule has 0 saturated heterocycles. The lowest BCUT2D eigenvalue weighted by Crippen LogP contribution is -2.08. The molecule has 18 heavy (non-hydrogen) atoms. The van der Waals surface area contributed by atoms with Crippen LogP contribution in [0.1, 0.15) is 31.3 Å². The number of halogens is 1. The van der Waals surface area contributed by atoms with E-state index in [1.54, 1.807) is 0 Å². The molecule has 0 aliphatic heterocycles. The molecule has 1 aromatic carbocycles. The van der Waals surface area contributed by atoms with Gasteiger partial charge < -0.3 is 9.67 Å². The lowest BCUT2D eigenvalue weighted by atomic mass is 10.1. The van der Waals surface area contributed by atoms with Crippen LogP contribution < -0.4 is 0 Å². The second kappa shape index (κ2) is 5.08. The fraction of sp³-hybridized carbons (Fsp3) is 0.385. The third-order valence-electron chi connectivity index (χ3n) is 2.93. The topological polar surface area (TPSA) is 50.9 Å². The second-order valence-electron chi connectivity index (χ2n) is 4.47. The summed E-state index contributed by atoms with van der Waals surface area (Å²) < 4.78 is 1.93. The minimum atomic E-state index is -0.120. The molecule has 4 nitrogen and oxygen atoms in total. The summed E-state index contributed by atoms with van der Waals surface area (Å²) in [7, 11) is 0. The number of benzene rings is 1. The Labute approximate surface area is 111 Å². The van der Waals surface area contributed by atoms with Gasteiger partial charge in [0.25, 0.3) is 0 Å². The molecule has 2 aromatic rings. The van der Waals surface area contributed by atoms with Crippen molar-refractivity contribution in [1.82, 2.24) is 14.8 Å². The number of aliphatic hydroxyl groups is 1. The molecule has 0 spiro atoms. The molecule has 0 aliphatic carbocycles. The third kappa shape index (κ3) is 2.13. The smallest absolute Gasteiger partial charge is 0.164 e. The summed E-state index contributed by atoms with van der Waals surface area (Å²) in [5, 5.41) is 18.2. The van der Waals surface area contributed by atoms with Gasteiger partial charge in [0.2, 0.25) is 0 Å². The van der Waals surface area contributed by atoms with E-state index >= 15 is 0 Å². The van der Waals surface area contributed by atoms with Crippen LogP contribution in [0, 0.1) is 6.92 Å². The van der Waals surface area contributed by atoms with Gasteiger partial charge in [0.1, 0.15) is 6.61 Å². The first kappa shape index (κ1) is 13.1. The lowest BCUT2D eigenvalue weighted by Gasteiger charge is -2.14. The molecule has 0 aliphatic rings. The molecular formula is C13H16ClN3O. The van der Waals surface area contributed by atoms with Crippen LogP contribution in [0.25, 0.3) is 11.4 Å². The fourth-order valence-corrected chi connectivity index (χ4v) is 2.18. The molecule has 1 N–H and O–H groups in total. The van der Waals surface area contributed by atoms with Crippen molar-refractivity contribution in [3.8, 4) is 11.4 Å². The Morgan fingerprint density at radius 3 is 2.67 bits per heavy atom. The van der Waals surface area contributed by atoms with Crippen LogP contribution in [0.2, 0.25) is 5.02 Å². The molecule has 5 heteroatoms. The van der Waals surface area contributed by atoms with Crippen LogP contribution in [0.15, 0.2) is 18.2 Å². The van der Waals surface area contributed by atoms with Crippen molar-refractivity contribution >= 4 is 11.6 Å². The van der Waals surface area contributed by atoms with Crippen LogP contribution in [-0.2, 0) is 6.61 Å². The zero-order chi connectivity index (χ0) is 13.3. The lowest BCUT2D eigenvalue weighted by molar-refractivity contribution is 0.262. The van der Waals surface area contributed by atoms with Crippen molar-refractivity contribution in [1.29, 1.82) is 0 Å². The number of hydrogen-bond acceptors (Lipinski definition) is 3. The molecule has 0 radical (unpaired) electrons. The normalized spacial score (nSPS) is 11.2.